The van der Waals surface area contributed by atoms with Crippen molar-refractivity contribution in [2.24, 2.45) is 0 Å². The first-order chi connectivity index (χ1) is 16.0. The van der Waals surface area contributed by atoms with E-state index in [0.29, 0.717) is 31.4 Å². The molecule has 0 aliphatic carbocycles. The van der Waals surface area contributed by atoms with Crippen LogP contribution in [0.25, 0.3) is 10.2 Å². The molecule has 7 nitrogen and oxygen atoms in total. The average Bonchev–Trinajstić information content (AvgIpc) is 3.27. The van der Waals surface area contributed by atoms with Gasteiger partial charge in [-0.2, -0.15) is 0 Å². The van der Waals surface area contributed by atoms with Gasteiger partial charge in [0.15, 0.2) is 15.0 Å². The highest BCUT2D eigenvalue weighted by atomic mass is 32.2. The number of carbonyl (C=O) groups excluding carboxylic acids is 1. The van der Waals surface area contributed by atoms with Gasteiger partial charge >= 0.3 is 0 Å². The highest BCUT2D eigenvalue weighted by Gasteiger charge is 2.24. The molecule has 0 N–H and O–H groups in total. The first kappa shape index (κ1) is 23.8. The molecule has 1 aromatic heterocycles. The van der Waals surface area contributed by atoms with E-state index in [1.54, 1.807) is 35.2 Å². The van der Waals surface area contributed by atoms with Crippen molar-refractivity contribution in [2.75, 3.05) is 50.0 Å². The number of thiazole rings is 1. The maximum absolute atomic E-state index is 13.3. The fourth-order valence-electron chi connectivity index (χ4n) is 3.79. The molecular weight excluding hydrogens is 458 g/mol. The maximum atomic E-state index is 13.3. The number of ether oxygens (including phenoxy) is 1. The SMILES string of the molecule is CCc1ccc2nc(N(CCN3CCOCC3)C(=O)CCS(=O)(=O)c3ccccc3)sc2c1. The number of nitrogens with zero attached hydrogens (tertiary/aromatic N) is 3. The van der Waals surface area contributed by atoms with Gasteiger partial charge in [-0.1, -0.05) is 42.5 Å². The van der Waals surface area contributed by atoms with E-state index in [1.165, 1.54) is 16.9 Å². The Kier molecular flexibility index (Phi) is 7.75. The Hall–Kier alpha value is -2.33. The number of carbonyl (C=O) groups is 1. The number of amides is 1. The Bertz CT molecular complexity index is 1190. The van der Waals surface area contributed by atoms with Crippen molar-refractivity contribution in [3.8, 4) is 0 Å². The molecule has 1 aliphatic heterocycles. The Balaban J connectivity index is 1.53. The molecule has 1 fully saturated rings. The van der Waals surface area contributed by atoms with Gasteiger partial charge in [-0.3, -0.25) is 14.6 Å². The van der Waals surface area contributed by atoms with Gasteiger partial charge in [0.05, 0.1) is 34.1 Å². The van der Waals surface area contributed by atoms with E-state index in [0.717, 1.165) is 29.7 Å². The molecule has 4 rings (SSSR count). The topological polar surface area (TPSA) is 79.8 Å². The van der Waals surface area contributed by atoms with Crippen molar-refractivity contribution in [2.45, 2.75) is 24.7 Å². The van der Waals surface area contributed by atoms with E-state index >= 15 is 0 Å². The predicted octanol–water partition coefficient (Wildman–Crippen LogP) is 3.39. The second kappa shape index (κ2) is 10.7. The van der Waals surface area contributed by atoms with Crippen LogP contribution in [0, 0.1) is 0 Å². The zero-order chi connectivity index (χ0) is 23.3. The monoisotopic (exact) mass is 487 g/mol. The van der Waals surface area contributed by atoms with E-state index in [4.69, 9.17) is 9.72 Å². The van der Waals surface area contributed by atoms with Crippen LogP contribution < -0.4 is 4.90 Å². The summed E-state index contributed by atoms with van der Waals surface area (Å²) in [5.41, 5.74) is 2.08. The molecule has 0 radical (unpaired) electrons. The molecule has 1 saturated heterocycles. The van der Waals surface area contributed by atoms with E-state index in [2.05, 4.69) is 24.0 Å². The summed E-state index contributed by atoms with van der Waals surface area (Å²) in [6, 6.07) is 14.4. The van der Waals surface area contributed by atoms with Crippen LogP contribution >= 0.6 is 11.3 Å². The third kappa shape index (κ3) is 5.97. The van der Waals surface area contributed by atoms with Crippen LogP contribution in [0.2, 0.25) is 0 Å². The molecule has 3 aromatic rings. The standard InChI is InChI=1S/C24H29N3O4S2/c1-2-19-8-9-21-22(18-19)32-24(25-21)27(12-11-26-13-15-31-16-14-26)23(28)10-17-33(29,30)20-6-4-3-5-7-20/h3-9,18H,2,10-17H2,1H3. The molecule has 0 bridgehead atoms. The summed E-state index contributed by atoms with van der Waals surface area (Å²) in [5.74, 6) is -0.452. The number of aromatic nitrogens is 1. The average molecular weight is 488 g/mol. The molecule has 1 amide bonds. The highest BCUT2D eigenvalue weighted by molar-refractivity contribution is 7.91. The van der Waals surface area contributed by atoms with Crippen LogP contribution in [-0.4, -0.2) is 69.4 Å². The minimum atomic E-state index is -3.53. The fourth-order valence-corrected chi connectivity index (χ4v) is 6.11. The van der Waals surface area contributed by atoms with Gasteiger partial charge in [-0.15, -0.1) is 0 Å². The number of benzene rings is 2. The lowest BCUT2D eigenvalue weighted by atomic mass is 10.2. The molecule has 0 saturated carbocycles. The molecule has 2 heterocycles. The van der Waals surface area contributed by atoms with E-state index in [9.17, 15) is 13.2 Å². The molecule has 0 spiro atoms. The summed E-state index contributed by atoms with van der Waals surface area (Å²) < 4.78 is 31.9. The van der Waals surface area contributed by atoms with Gasteiger partial charge in [0.1, 0.15) is 0 Å². The second-order valence-electron chi connectivity index (χ2n) is 8.03. The molecular formula is C24H29N3O4S2. The summed E-state index contributed by atoms with van der Waals surface area (Å²) in [4.78, 5) is 22.1. The van der Waals surface area contributed by atoms with Crippen molar-refractivity contribution in [1.29, 1.82) is 0 Å². The van der Waals surface area contributed by atoms with Gasteiger partial charge < -0.3 is 4.74 Å². The zero-order valence-electron chi connectivity index (χ0n) is 18.8. The molecule has 1 aliphatic rings. The fraction of sp³-hybridized carbons (Fsp3) is 0.417. The number of hydrogen-bond donors (Lipinski definition) is 0. The van der Waals surface area contributed by atoms with Gasteiger partial charge in [0, 0.05) is 32.6 Å². The van der Waals surface area contributed by atoms with Crippen molar-refractivity contribution in [1.82, 2.24) is 9.88 Å². The molecule has 176 valence electrons. The Morgan fingerprint density at radius 3 is 2.64 bits per heavy atom. The quantitative estimate of drug-likeness (QED) is 0.460. The zero-order valence-corrected chi connectivity index (χ0v) is 20.4. The summed E-state index contributed by atoms with van der Waals surface area (Å²) in [7, 11) is -3.53. The maximum Gasteiger partial charge on any atom is 0.229 e. The smallest absolute Gasteiger partial charge is 0.229 e. The molecule has 2 aromatic carbocycles. The first-order valence-corrected chi connectivity index (χ1v) is 13.7. The van der Waals surface area contributed by atoms with Crippen LogP contribution in [0.15, 0.2) is 53.4 Å². The van der Waals surface area contributed by atoms with Crippen LogP contribution in [0.5, 0.6) is 0 Å². The van der Waals surface area contributed by atoms with Crippen molar-refractivity contribution in [3.05, 3.63) is 54.1 Å². The molecule has 0 unspecified atom stereocenters. The van der Waals surface area contributed by atoms with Crippen molar-refractivity contribution >= 4 is 42.4 Å². The minimum Gasteiger partial charge on any atom is -0.379 e. The Morgan fingerprint density at radius 2 is 1.91 bits per heavy atom. The van der Waals surface area contributed by atoms with Crippen LogP contribution in [-0.2, 0) is 25.8 Å². The van der Waals surface area contributed by atoms with Crippen LogP contribution in [0.3, 0.4) is 0 Å². The van der Waals surface area contributed by atoms with Gasteiger partial charge in [-0.05, 0) is 36.2 Å². The summed E-state index contributed by atoms with van der Waals surface area (Å²) in [6.45, 7) is 6.28. The third-order valence-corrected chi connectivity index (χ3v) is 8.59. The lowest BCUT2D eigenvalue weighted by Crippen LogP contribution is -2.43. The first-order valence-electron chi connectivity index (χ1n) is 11.2. The van der Waals surface area contributed by atoms with Crippen LogP contribution in [0.4, 0.5) is 5.13 Å². The summed E-state index contributed by atoms with van der Waals surface area (Å²) in [5, 5.41) is 0.619. The number of fused-ring (bicyclic) bond motifs is 1. The van der Waals surface area contributed by atoms with Crippen LogP contribution in [0.1, 0.15) is 18.9 Å². The van der Waals surface area contributed by atoms with Gasteiger partial charge in [0.2, 0.25) is 5.91 Å². The van der Waals surface area contributed by atoms with E-state index in [-0.39, 0.29) is 23.0 Å². The number of aryl methyl sites for hydroxylation is 1. The lowest BCUT2D eigenvalue weighted by molar-refractivity contribution is -0.118. The van der Waals surface area contributed by atoms with Crippen molar-refractivity contribution < 1.29 is 17.9 Å². The normalized spacial score (nSPS) is 15.1. The third-order valence-electron chi connectivity index (χ3n) is 5.81. The second-order valence-corrected chi connectivity index (χ2v) is 11.2. The minimum absolute atomic E-state index is 0.0868. The number of hydrogen-bond acceptors (Lipinski definition) is 7. The van der Waals surface area contributed by atoms with E-state index in [1.807, 2.05) is 6.07 Å². The predicted molar refractivity (Wildman–Crippen MR) is 132 cm³/mol. The summed E-state index contributed by atoms with van der Waals surface area (Å²) in [6.07, 6.45) is 0.844. The van der Waals surface area contributed by atoms with Gasteiger partial charge in [0.25, 0.3) is 0 Å². The van der Waals surface area contributed by atoms with Gasteiger partial charge in [-0.25, -0.2) is 13.4 Å². The van der Waals surface area contributed by atoms with Crippen molar-refractivity contribution in [3.63, 3.8) is 0 Å². The molecule has 33 heavy (non-hydrogen) atoms. The number of anilines is 1. The highest BCUT2D eigenvalue weighted by Crippen LogP contribution is 2.30. The van der Waals surface area contributed by atoms with E-state index < -0.39 is 9.84 Å². The molecule has 9 heteroatoms. The summed E-state index contributed by atoms with van der Waals surface area (Å²) >= 11 is 1.48. The lowest BCUT2D eigenvalue weighted by Gasteiger charge is -2.29. The number of rotatable bonds is 9. The molecule has 0 atom stereocenters. The Labute approximate surface area is 198 Å². The Morgan fingerprint density at radius 1 is 1.15 bits per heavy atom. The number of sulfone groups is 1. The largest absolute Gasteiger partial charge is 0.379 e. The number of morpholine rings is 1.